The summed E-state index contributed by atoms with van der Waals surface area (Å²) >= 11 is 0. The van der Waals surface area contributed by atoms with Gasteiger partial charge in [-0.2, -0.15) is 0 Å². The molecule has 1 aromatic heterocycles. The highest BCUT2D eigenvalue weighted by Crippen LogP contribution is 2.18. The van der Waals surface area contributed by atoms with Crippen molar-refractivity contribution in [1.29, 1.82) is 0 Å². The Hall–Kier alpha value is -3.01. The van der Waals surface area contributed by atoms with Crippen LogP contribution in [-0.4, -0.2) is 30.9 Å². The summed E-state index contributed by atoms with van der Waals surface area (Å²) in [5, 5.41) is 10.6. The van der Waals surface area contributed by atoms with Gasteiger partial charge in [0.15, 0.2) is 0 Å². The Morgan fingerprint density at radius 2 is 1.92 bits per heavy atom. The summed E-state index contributed by atoms with van der Waals surface area (Å²) in [6.07, 6.45) is 1.19. The van der Waals surface area contributed by atoms with E-state index in [1.165, 1.54) is 18.3 Å². The summed E-state index contributed by atoms with van der Waals surface area (Å²) in [6.45, 7) is 1.88. The highest BCUT2D eigenvalue weighted by atomic mass is 32.2. The maximum absolute atomic E-state index is 12.2. The van der Waals surface area contributed by atoms with Gasteiger partial charge in [0.25, 0.3) is 15.7 Å². The van der Waals surface area contributed by atoms with Gasteiger partial charge in [0.2, 0.25) is 0 Å². The van der Waals surface area contributed by atoms with Crippen LogP contribution in [0.2, 0.25) is 0 Å². The number of non-ortho nitro benzene ring substituents is 1. The number of hydrogen-bond acceptors (Lipinski definition) is 7. The van der Waals surface area contributed by atoms with E-state index in [1.54, 1.807) is 6.92 Å². The van der Waals surface area contributed by atoms with Crippen molar-refractivity contribution in [3.63, 3.8) is 0 Å². The van der Waals surface area contributed by atoms with Crippen LogP contribution in [0.15, 0.2) is 47.5 Å². The third-order valence-corrected chi connectivity index (χ3v) is 4.24. The Balaban J connectivity index is 2.16. The molecule has 0 spiro atoms. The van der Waals surface area contributed by atoms with Crippen molar-refractivity contribution in [2.45, 2.75) is 11.8 Å². The number of esters is 1. The highest BCUT2D eigenvalue weighted by molar-refractivity contribution is 7.92. The van der Waals surface area contributed by atoms with E-state index in [0.29, 0.717) is 0 Å². The number of rotatable bonds is 6. The lowest BCUT2D eigenvalue weighted by Gasteiger charge is -2.08. The van der Waals surface area contributed by atoms with Crippen LogP contribution >= 0.6 is 0 Å². The molecule has 0 saturated carbocycles. The molecule has 0 fully saturated rings. The van der Waals surface area contributed by atoms with Crippen molar-refractivity contribution in [2.75, 3.05) is 11.3 Å². The van der Waals surface area contributed by atoms with E-state index in [2.05, 4.69) is 9.71 Å². The van der Waals surface area contributed by atoms with Crippen LogP contribution < -0.4 is 4.72 Å². The summed E-state index contributed by atoms with van der Waals surface area (Å²) in [5.74, 6) is -0.559. The molecule has 0 aliphatic heterocycles. The molecule has 0 amide bonds. The summed E-state index contributed by atoms with van der Waals surface area (Å²) < 4.78 is 31.4. The average Bonchev–Trinajstić information content (AvgIpc) is 2.55. The molecule has 1 N–H and O–H groups in total. The molecule has 24 heavy (non-hydrogen) atoms. The smallest absolute Gasteiger partial charge is 0.339 e. The molecule has 2 aromatic rings. The van der Waals surface area contributed by atoms with Crippen molar-refractivity contribution in [2.24, 2.45) is 0 Å². The van der Waals surface area contributed by atoms with Crippen molar-refractivity contribution in [3.05, 3.63) is 58.3 Å². The minimum Gasteiger partial charge on any atom is -0.462 e. The van der Waals surface area contributed by atoms with E-state index >= 15 is 0 Å². The summed E-state index contributed by atoms with van der Waals surface area (Å²) in [4.78, 5) is 25.1. The number of carbonyl (C=O) groups excluding carboxylic acids is 1. The van der Waals surface area contributed by atoms with Gasteiger partial charge in [-0.15, -0.1) is 0 Å². The van der Waals surface area contributed by atoms with Crippen LogP contribution in [0.3, 0.4) is 0 Å². The van der Waals surface area contributed by atoms with Gasteiger partial charge in [-0.25, -0.2) is 18.2 Å². The van der Waals surface area contributed by atoms with Crippen LogP contribution in [0.25, 0.3) is 0 Å². The van der Waals surface area contributed by atoms with Crippen LogP contribution in [0.1, 0.15) is 17.3 Å². The molecule has 0 bridgehead atoms. The van der Waals surface area contributed by atoms with Crippen LogP contribution in [-0.2, 0) is 14.8 Å². The molecule has 0 aliphatic rings. The lowest BCUT2D eigenvalue weighted by Crippen LogP contribution is -2.14. The zero-order valence-electron chi connectivity index (χ0n) is 12.5. The first-order chi connectivity index (χ1) is 11.3. The van der Waals surface area contributed by atoms with E-state index in [4.69, 9.17) is 4.74 Å². The first-order valence-corrected chi connectivity index (χ1v) is 8.22. The van der Waals surface area contributed by atoms with Gasteiger partial charge in [-0.1, -0.05) is 0 Å². The maximum atomic E-state index is 12.2. The fourth-order valence-corrected chi connectivity index (χ4v) is 2.74. The van der Waals surface area contributed by atoms with Crippen LogP contribution in [0, 0.1) is 10.1 Å². The number of carbonyl (C=O) groups is 1. The number of aromatic nitrogens is 1. The molecule has 10 heteroatoms. The second-order valence-corrected chi connectivity index (χ2v) is 6.19. The number of benzene rings is 1. The van der Waals surface area contributed by atoms with Crippen molar-refractivity contribution >= 4 is 27.5 Å². The van der Waals surface area contributed by atoms with Crippen LogP contribution in [0.5, 0.6) is 0 Å². The van der Waals surface area contributed by atoms with E-state index in [0.717, 1.165) is 24.3 Å². The highest BCUT2D eigenvalue weighted by Gasteiger charge is 2.17. The Kier molecular flexibility index (Phi) is 5.09. The third-order valence-electron chi connectivity index (χ3n) is 2.87. The SMILES string of the molecule is CCOC(=O)c1ccc(NS(=O)(=O)c2ccc([N+](=O)[O-])cc2)nc1. The third kappa shape index (κ3) is 4.04. The van der Waals surface area contributed by atoms with Crippen molar-refractivity contribution in [1.82, 2.24) is 4.98 Å². The van der Waals surface area contributed by atoms with Gasteiger partial charge in [0.05, 0.1) is 22.0 Å². The fourth-order valence-electron chi connectivity index (χ4n) is 1.73. The first-order valence-electron chi connectivity index (χ1n) is 6.74. The van der Waals surface area contributed by atoms with Crippen molar-refractivity contribution < 1.29 is 22.9 Å². The summed E-state index contributed by atoms with van der Waals surface area (Å²) in [7, 11) is -3.95. The Labute approximate surface area is 137 Å². The number of ether oxygens (including phenoxy) is 1. The predicted molar refractivity (Wildman–Crippen MR) is 84.1 cm³/mol. The molecular formula is C14H13N3O6S. The van der Waals surface area contributed by atoms with Crippen molar-refractivity contribution in [3.8, 4) is 0 Å². The number of sulfonamides is 1. The Morgan fingerprint density at radius 3 is 2.42 bits per heavy atom. The van der Waals surface area contributed by atoms with Gasteiger partial charge in [-0.3, -0.25) is 14.8 Å². The molecule has 1 heterocycles. The molecule has 126 valence electrons. The number of nitro groups is 1. The summed E-state index contributed by atoms with van der Waals surface area (Å²) in [6, 6.07) is 7.10. The molecule has 0 atom stereocenters. The van der Waals surface area contributed by atoms with Gasteiger partial charge in [0.1, 0.15) is 5.82 Å². The molecular weight excluding hydrogens is 338 g/mol. The van der Waals surface area contributed by atoms with Gasteiger partial charge in [0, 0.05) is 18.3 Å². The first kappa shape index (κ1) is 17.3. The van der Waals surface area contributed by atoms with E-state index in [-0.39, 0.29) is 28.6 Å². The lowest BCUT2D eigenvalue weighted by molar-refractivity contribution is -0.384. The van der Waals surface area contributed by atoms with Gasteiger partial charge < -0.3 is 4.74 Å². The number of anilines is 1. The molecule has 0 aliphatic carbocycles. The molecule has 9 nitrogen and oxygen atoms in total. The van der Waals surface area contributed by atoms with Gasteiger partial charge >= 0.3 is 5.97 Å². The largest absolute Gasteiger partial charge is 0.462 e. The topological polar surface area (TPSA) is 128 Å². The molecule has 0 unspecified atom stereocenters. The monoisotopic (exact) mass is 351 g/mol. The number of nitrogens with zero attached hydrogens (tertiary/aromatic N) is 2. The van der Waals surface area contributed by atoms with E-state index in [9.17, 15) is 23.3 Å². The number of hydrogen-bond donors (Lipinski definition) is 1. The number of nitrogens with one attached hydrogen (secondary N) is 1. The van der Waals surface area contributed by atoms with E-state index < -0.39 is 20.9 Å². The quantitative estimate of drug-likeness (QED) is 0.478. The lowest BCUT2D eigenvalue weighted by atomic mass is 10.3. The maximum Gasteiger partial charge on any atom is 0.339 e. The number of nitro benzene ring substituents is 1. The van der Waals surface area contributed by atoms with Crippen LogP contribution in [0.4, 0.5) is 11.5 Å². The number of pyridine rings is 1. The van der Waals surface area contributed by atoms with Gasteiger partial charge in [-0.05, 0) is 31.2 Å². The predicted octanol–water partition coefficient (Wildman–Crippen LogP) is 1.97. The Morgan fingerprint density at radius 1 is 1.25 bits per heavy atom. The minimum absolute atomic E-state index is 0.00130. The normalized spacial score (nSPS) is 10.9. The van der Waals surface area contributed by atoms with E-state index in [1.807, 2.05) is 0 Å². The molecule has 2 rings (SSSR count). The minimum atomic E-state index is -3.95. The second kappa shape index (κ2) is 7.04. The zero-order valence-corrected chi connectivity index (χ0v) is 13.3. The molecule has 1 aromatic carbocycles. The average molecular weight is 351 g/mol. The standard InChI is InChI=1S/C14H13N3O6S/c1-2-23-14(18)10-3-8-13(15-9-10)16-24(21,22)12-6-4-11(5-7-12)17(19)20/h3-9H,2H2,1H3,(H,15,16). The Bertz CT molecular complexity index is 847. The zero-order chi connectivity index (χ0) is 17.7. The summed E-state index contributed by atoms with van der Waals surface area (Å²) in [5.41, 5.74) is -0.0269. The second-order valence-electron chi connectivity index (χ2n) is 4.51. The fraction of sp³-hybridized carbons (Fsp3) is 0.143. The molecule has 0 radical (unpaired) electrons. The molecule has 0 saturated heterocycles.